The average Bonchev–Trinajstić information content (AvgIpc) is 3.70. The van der Waals surface area contributed by atoms with Gasteiger partial charge in [-0.3, -0.25) is 0 Å². The van der Waals surface area contributed by atoms with Gasteiger partial charge in [-0.2, -0.15) is 0 Å². The molecule has 0 aromatic heterocycles. The SMILES string of the molecule is c1ccc(N(c2ccc(C3=C(c4ccc(N(c5ccccc5)c5cccc6ccccc56)cc4)CCC3)cc2)c2cccc3ccccc23)cc1. The van der Waals surface area contributed by atoms with E-state index < -0.39 is 0 Å². The molecule has 1 aliphatic carbocycles. The summed E-state index contributed by atoms with van der Waals surface area (Å²) in [6.07, 6.45) is 3.36. The molecule has 9 rings (SSSR count). The van der Waals surface area contributed by atoms with Crippen LogP contribution in [-0.4, -0.2) is 0 Å². The molecule has 2 nitrogen and oxygen atoms in total. The van der Waals surface area contributed by atoms with E-state index in [4.69, 9.17) is 0 Å². The predicted octanol–water partition coefficient (Wildman–Crippen LogP) is 14.0. The highest BCUT2D eigenvalue weighted by Gasteiger charge is 2.21. The Morgan fingerprint density at radius 1 is 0.294 bits per heavy atom. The van der Waals surface area contributed by atoms with Crippen LogP contribution in [-0.2, 0) is 0 Å². The Kier molecular flexibility index (Phi) is 8.11. The van der Waals surface area contributed by atoms with E-state index in [9.17, 15) is 0 Å². The molecule has 51 heavy (non-hydrogen) atoms. The summed E-state index contributed by atoms with van der Waals surface area (Å²) in [5.74, 6) is 0. The summed E-state index contributed by atoms with van der Waals surface area (Å²) >= 11 is 0. The maximum atomic E-state index is 2.38. The molecule has 0 aliphatic heterocycles. The molecule has 0 spiro atoms. The molecule has 8 aromatic rings. The van der Waals surface area contributed by atoms with Gasteiger partial charge in [0.1, 0.15) is 0 Å². The molecule has 0 saturated heterocycles. The van der Waals surface area contributed by atoms with Gasteiger partial charge in [-0.25, -0.2) is 0 Å². The van der Waals surface area contributed by atoms with Gasteiger partial charge in [0.05, 0.1) is 11.4 Å². The Balaban J connectivity index is 1.07. The summed E-state index contributed by atoms with van der Waals surface area (Å²) in [5.41, 5.74) is 12.5. The molecule has 244 valence electrons. The predicted molar refractivity (Wildman–Crippen MR) is 218 cm³/mol. The minimum Gasteiger partial charge on any atom is -0.310 e. The van der Waals surface area contributed by atoms with Crippen molar-refractivity contribution in [2.24, 2.45) is 0 Å². The lowest BCUT2D eigenvalue weighted by atomic mass is 9.96. The topological polar surface area (TPSA) is 6.48 Å². The van der Waals surface area contributed by atoms with Crippen LogP contribution in [0, 0.1) is 0 Å². The fourth-order valence-corrected chi connectivity index (χ4v) is 7.82. The summed E-state index contributed by atoms with van der Waals surface area (Å²) in [6.45, 7) is 0. The van der Waals surface area contributed by atoms with E-state index in [0.717, 1.165) is 35.6 Å². The fraction of sp³-hybridized carbons (Fsp3) is 0.0612. The first-order valence-electron chi connectivity index (χ1n) is 17.9. The van der Waals surface area contributed by atoms with Crippen molar-refractivity contribution in [2.75, 3.05) is 9.80 Å². The van der Waals surface area contributed by atoms with Gasteiger partial charge in [0.2, 0.25) is 0 Å². The highest BCUT2D eigenvalue weighted by atomic mass is 15.1. The van der Waals surface area contributed by atoms with Crippen molar-refractivity contribution in [1.82, 2.24) is 0 Å². The van der Waals surface area contributed by atoms with Crippen molar-refractivity contribution in [1.29, 1.82) is 0 Å². The van der Waals surface area contributed by atoms with E-state index in [1.807, 2.05) is 0 Å². The van der Waals surface area contributed by atoms with E-state index in [0.29, 0.717) is 0 Å². The number of allylic oxidation sites excluding steroid dienone is 2. The van der Waals surface area contributed by atoms with Crippen LogP contribution in [0.25, 0.3) is 32.7 Å². The molecule has 0 atom stereocenters. The van der Waals surface area contributed by atoms with Crippen LogP contribution in [0.3, 0.4) is 0 Å². The van der Waals surface area contributed by atoms with E-state index in [-0.39, 0.29) is 0 Å². The quantitative estimate of drug-likeness (QED) is 0.161. The number of hydrogen-bond acceptors (Lipinski definition) is 2. The van der Waals surface area contributed by atoms with Gasteiger partial charge in [-0.05, 0) is 113 Å². The van der Waals surface area contributed by atoms with Gasteiger partial charge >= 0.3 is 0 Å². The Labute approximate surface area is 300 Å². The molecule has 0 radical (unpaired) electrons. The van der Waals surface area contributed by atoms with E-state index in [1.165, 1.54) is 61.6 Å². The third kappa shape index (κ3) is 5.85. The van der Waals surface area contributed by atoms with Crippen LogP contribution >= 0.6 is 0 Å². The molecule has 0 saturated carbocycles. The van der Waals surface area contributed by atoms with Crippen LogP contribution in [0.5, 0.6) is 0 Å². The minimum absolute atomic E-state index is 1.09. The number of fused-ring (bicyclic) bond motifs is 2. The maximum absolute atomic E-state index is 2.38. The van der Waals surface area contributed by atoms with Crippen molar-refractivity contribution >= 4 is 66.8 Å². The highest BCUT2D eigenvalue weighted by molar-refractivity contribution is 6.01. The van der Waals surface area contributed by atoms with Crippen molar-refractivity contribution < 1.29 is 0 Å². The van der Waals surface area contributed by atoms with Crippen molar-refractivity contribution in [3.63, 3.8) is 0 Å². The number of benzene rings is 8. The lowest BCUT2D eigenvalue weighted by Crippen LogP contribution is -2.10. The van der Waals surface area contributed by atoms with Crippen LogP contribution < -0.4 is 9.80 Å². The monoisotopic (exact) mass is 654 g/mol. The summed E-state index contributed by atoms with van der Waals surface area (Å²) in [7, 11) is 0. The van der Waals surface area contributed by atoms with Gasteiger partial charge < -0.3 is 9.80 Å². The number of nitrogens with zero attached hydrogens (tertiary/aromatic N) is 2. The normalized spacial score (nSPS) is 12.8. The lowest BCUT2D eigenvalue weighted by Gasteiger charge is -2.27. The van der Waals surface area contributed by atoms with E-state index >= 15 is 0 Å². The molecule has 0 unspecified atom stereocenters. The van der Waals surface area contributed by atoms with Crippen LogP contribution in [0.1, 0.15) is 30.4 Å². The first kappa shape index (κ1) is 30.7. The second kappa shape index (κ2) is 13.5. The maximum Gasteiger partial charge on any atom is 0.0540 e. The molecule has 0 fully saturated rings. The number of rotatable bonds is 8. The van der Waals surface area contributed by atoms with Crippen molar-refractivity contribution in [3.05, 3.63) is 205 Å². The summed E-state index contributed by atoms with van der Waals surface area (Å²) < 4.78 is 0. The van der Waals surface area contributed by atoms with Crippen LogP contribution in [0.4, 0.5) is 34.1 Å². The van der Waals surface area contributed by atoms with Crippen molar-refractivity contribution in [3.8, 4) is 0 Å². The zero-order chi connectivity index (χ0) is 34.0. The third-order valence-corrected chi connectivity index (χ3v) is 10.2. The summed E-state index contributed by atoms with van der Waals surface area (Å²) in [5, 5.41) is 4.96. The standard InChI is InChI=1S/C49H38N2/c1-3-18-40(19-4-1)50(48-26-11-16-36-14-7-9-22-46(36)48)42-32-28-38(29-33-42)44-24-13-25-45(44)39-30-34-43(35-31-39)51(41-20-5-2-6-21-41)49-27-12-17-37-15-8-10-23-47(37)49/h1-12,14-23,26-35H,13,24-25H2. The Morgan fingerprint density at radius 2 is 0.647 bits per heavy atom. The van der Waals surface area contributed by atoms with Crippen molar-refractivity contribution in [2.45, 2.75) is 19.3 Å². The van der Waals surface area contributed by atoms with Crippen LogP contribution in [0.15, 0.2) is 194 Å². The fourth-order valence-electron chi connectivity index (χ4n) is 7.82. The molecular weight excluding hydrogens is 617 g/mol. The zero-order valence-corrected chi connectivity index (χ0v) is 28.5. The molecular formula is C49H38N2. The second-order valence-corrected chi connectivity index (χ2v) is 13.2. The average molecular weight is 655 g/mol. The van der Waals surface area contributed by atoms with Gasteiger partial charge in [-0.15, -0.1) is 0 Å². The Bertz CT molecular complexity index is 2290. The second-order valence-electron chi connectivity index (χ2n) is 13.2. The number of hydrogen-bond donors (Lipinski definition) is 0. The molecule has 1 aliphatic rings. The minimum atomic E-state index is 1.09. The Morgan fingerprint density at radius 3 is 1.08 bits per heavy atom. The smallest absolute Gasteiger partial charge is 0.0540 e. The first-order chi connectivity index (χ1) is 25.3. The van der Waals surface area contributed by atoms with Gasteiger partial charge in [0.15, 0.2) is 0 Å². The first-order valence-corrected chi connectivity index (χ1v) is 17.9. The summed E-state index contributed by atoms with van der Waals surface area (Å²) in [4.78, 5) is 4.76. The lowest BCUT2D eigenvalue weighted by molar-refractivity contribution is 0.942. The third-order valence-electron chi connectivity index (χ3n) is 10.2. The molecule has 2 heteroatoms. The summed E-state index contributed by atoms with van der Waals surface area (Å²) in [6, 6.07) is 70.3. The van der Waals surface area contributed by atoms with Gasteiger partial charge in [0, 0.05) is 33.5 Å². The molecule has 0 N–H and O–H groups in total. The number of para-hydroxylation sites is 2. The highest BCUT2D eigenvalue weighted by Crippen LogP contribution is 2.44. The molecule has 0 amide bonds. The number of anilines is 6. The Hall–Kier alpha value is -6.38. The van der Waals surface area contributed by atoms with E-state index in [1.54, 1.807) is 0 Å². The van der Waals surface area contributed by atoms with E-state index in [2.05, 4.69) is 204 Å². The van der Waals surface area contributed by atoms with Gasteiger partial charge in [0.25, 0.3) is 0 Å². The molecule has 8 aromatic carbocycles. The molecule has 0 bridgehead atoms. The molecule has 0 heterocycles. The zero-order valence-electron chi connectivity index (χ0n) is 28.5. The van der Waals surface area contributed by atoms with Gasteiger partial charge in [-0.1, -0.05) is 133 Å². The van der Waals surface area contributed by atoms with Crippen LogP contribution in [0.2, 0.25) is 0 Å². The largest absolute Gasteiger partial charge is 0.310 e.